The Morgan fingerprint density at radius 2 is 1.69 bits per heavy atom. The van der Waals surface area contributed by atoms with Gasteiger partial charge < -0.3 is 14.8 Å². The number of amides is 1. The lowest BCUT2D eigenvalue weighted by molar-refractivity contribution is -0.120. The van der Waals surface area contributed by atoms with Crippen LogP contribution in [0.3, 0.4) is 0 Å². The molecule has 0 fully saturated rings. The zero-order chi connectivity index (χ0) is 25.9. The highest BCUT2D eigenvalue weighted by Gasteiger charge is 2.29. The summed E-state index contributed by atoms with van der Waals surface area (Å²) in [6, 6.07) is 15.0. The molecule has 4 rings (SSSR count). The Morgan fingerprint density at radius 1 is 1.00 bits per heavy atom. The van der Waals surface area contributed by atoms with E-state index in [0.717, 1.165) is 33.1 Å². The molecule has 190 valence electrons. The van der Waals surface area contributed by atoms with Crippen LogP contribution in [0, 0.1) is 19.7 Å². The number of nitrogens with zero attached hydrogens (tertiary/aromatic N) is 1. The predicted molar refractivity (Wildman–Crippen MR) is 135 cm³/mol. The minimum atomic E-state index is -4.20. The number of hydrogen-bond acceptors (Lipinski definition) is 5. The number of benzene rings is 3. The van der Waals surface area contributed by atoms with Crippen LogP contribution in [0.25, 0.3) is 0 Å². The summed E-state index contributed by atoms with van der Waals surface area (Å²) < 4.78 is 53.0. The zero-order valence-corrected chi connectivity index (χ0v) is 21.3. The van der Waals surface area contributed by atoms with Gasteiger partial charge in [-0.15, -0.1) is 0 Å². The SMILES string of the molecule is CCC(NC(=O)CN(c1ccc(F)cc1)S(=O)(=O)c1ccc2c(c1)OCCO2)c1ccc(C)cc1C. The molecule has 3 aromatic carbocycles. The van der Waals surface area contributed by atoms with E-state index in [2.05, 4.69) is 5.32 Å². The normalized spacial score (nSPS) is 13.7. The number of carbonyl (C=O) groups is 1. The van der Waals surface area contributed by atoms with Crippen LogP contribution in [0.1, 0.15) is 36.1 Å². The molecule has 1 amide bonds. The third kappa shape index (κ3) is 5.46. The van der Waals surface area contributed by atoms with Crippen LogP contribution in [0.2, 0.25) is 0 Å². The number of aryl methyl sites for hydroxylation is 2. The Kier molecular flexibility index (Phi) is 7.49. The maximum atomic E-state index is 13.7. The average molecular weight is 513 g/mol. The van der Waals surface area contributed by atoms with E-state index in [4.69, 9.17) is 9.47 Å². The first-order chi connectivity index (χ1) is 17.2. The molecule has 0 aliphatic carbocycles. The van der Waals surface area contributed by atoms with Gasteiger partial charge in [0.05, 0.1) is 16.6 Å². The summed E-state index contributed by atoms with van der Waals surface area (Å²) in [5, 5.41) is 2.96. The van der Waals surface area contributed by atoms with E-state index in [-0.39, 0.29) is 16.6 Å². The van der Waals surface area contributed by atoms with Crippen LogP contribution in [-0.2, 0) is 14.8 Å². The second-order valence-electron chi connectivity index (χ2n) is 8.68. The fourth-order valence-corrected chi connectivity index (χ4v) is 5.66. The molecule has 1 heterocycles. The van der Waals surface area contributed by atoms with Crippen LogP contribution in [0.4, 0.5) is 10.1 Å². The molecule has 1 aliphatic heterocycles. The van der Waals surface area contributed by atoms with Crippen LogP contribution >= 0.6 is 0 Å². The number of fused-ring (bicyclic) bond motifs is 1. The first-order valence-corrected chi connectivity index (χ1v) is 13.2. The molecule has 0 saturated heterocycles. The number of rotatable bonds is 8. The van der Waals surface area contributed by atoms with Crippen LogP contribution in [0.5, 0.6) is 11.5 Å². The number of sulfonamides is 1. The van der Waals surface area contributed by atoms with Crippen LogP contribution < -0.4 is 19.1 Å². The van der Waals surface area contributed by atoms with Gasteiger partial charge in [-0.25, -0.2) is 12.8 Å². The molecular formula is C27H29FN2O5S. The van der Waals surface area contributed by atoms with Gasteiger partial charge in [-0.2, -0.15) is 0 Å². The largest absolute Gasteiger partial charge is 0.486 e. The van der Waals surface area contributed by atoms with E-state index in [9.17, 15) is 17.6 Å². The molecular weight excluding hydrogens is 483 g/mol. The van der Waals surface area contributed by atoms with E-state index in [1.807, 2.05) is 39.0 Å². The topological polar surface area (TPSA) is 84.9 Å². The maximum Gasteiger partial charge on any atom is 0.264 e. The molecule has 0 radical (unpaired) electrons. The number of hydrogen-bond donors (Lipinski definition) is 1. The van der Waals surface area contributed by atoms with Crippen molar-refractivity contribution in [3.05, 3.63) is 83.2 Å². The fraction of sp³-hybridized carbons (Fsp3) is 0.296. The molecule has 3 aromatic rings. The Labute approximate surface area is 210 Å². The summed E-state index contributed by atoms with van der Waals surface area (Å²) in [5.74, 6) is -0.231. The Bertz CT molecular complexity index is 1360. The number of ether oxygens (including phenoxy) is 2. The molecule has 0 bridgehead atoms. The van der Waals surface area contributed by atoms with Crippen molar-refractivity contribution in [2.45, 2.75) is 38.1 Å². The van der Waals surface area contributed by atoms with Gasteiger partial charge in [0.1, 0.15) is 25.6 Å². The van der Waals surface area contributed by atoms with Gasteiger partial charge in [0.2, 0.25) is 5.91 Å². The molecule has 36 heavy (non-hydrogen) atoms. The van der Waals surface area contributed by atoms with E-state index < -0.39 is 28.3 Å². The number of carbonyl (C=O) groups excluding carboxylic acids is 1. The lowest BCUT2D eigenvalue weighted by Gasteiger charge is -2.27. The molecule has 0 spiro atoms. The lowest BCUT2D eigenvalue weighted by atomic mass is 9.97. The Balaban J connectivity index is 1.64. The summed E-state index contributed by atoms with van der Waals surface area (Å²) in [4.78, 5) is 13.1. The van der Waals surface area contributed by atoms with Crippen molar-refractivity contribution in [2.24, 2.45) is 0 Å². The van der Waals surface area contributed by atoms with Gasteiger partial charge in [-0.1, -0.05) is 30.7 Å². The van der Waals surface area contributed by atoms with E-state index in [0.29, 0.717) is 31.1 Å². The summed E-state index contributed by atoms with van der Waals surface area (Å²) in [5.41, 5.74) is 3.30. The first-order valence-electron chi connectivity index (χ1n) is 11.7. The van der Waals surface area contributed by atoms with Crippen molar-refractivity contribution in [1.29, 1.82) is 0 Å². The summed E-state index contributed by atoms with van der Waals surface area (Å²) in [6.45, 7) is 6.13. The van der Waals surface area contributed by atoms with Crippen molar-refractivity contribution in [3.8, 4) is 11.5 Å². The highest BCUT2D eigenvalue weighted by molar-refractivity contribution is 7.92. The number of anilines is 1. The minimum Gasteiger partial charge on any atom is -0.486 e. The second-order valence-corrected chi connectivity index (χ2v) is 10.5. The van der Waals surface area contributed by atoms with Gasteiger partial charge in [0, 0.05) is 6.07 Å². The number of halogens is 1. The summed E-state index contributed by atoms with van der Waals surface area (Å²) in [7, 11) is -4.20. The van der Waals surface area contributed by atoms with Crippen LogP contribution in [0.15, 0.2) is 65.6 Å². The zero-order valence-electron chi connectivity index (χ0n) is 20.5. The molecule has 1 unspecified atom stereocenters. The van der Waals surface area contributed by atoms with Gasteiger partial charge in [0.25, 0.3) is 10.0 Å². The van der Waals surface area contributed by atoms with E-state index >= 15 is 0 Å². The Hall–Kier alpha value is -3.59. The predicted octanol–water partition coefficient (Wildman–Crippen LogP) is 4.68. The number of nitrogens with one attached hydrogen (secondary N) is 1. The van der Waals surface area contributed by atoms with Gasteiger partial charge in [-0.05, 0) is 67.8 Å². The maximum absolute atomic E-state index is 13.7. The van der Waals surface area contributed by atoms with E-state index in [1.54, 1.807) is 0 Å². The summed E-state index contributed by atoms with van der Waals surface area (Å²) in [6.07, 6.45) is 0.626. The molecule has 1 N–H and O–H groups in total. The van der Waals surface area contributed by atoms with Gasteiger partial charge in [0.15, 0.2) is 11.5 Å². The average Bonchev–Trinajstić information content (AvgIpc) is 2.86. The fourth-order valence-electron chi connectivity index (χ4n) is 4.22. The van der Waals surface area contributed by atoms with Crippen molar-refractivity contribution in [3.63, 3.8) is 0 Å². The van der Waals surface area contributed by atoms with Gasteiger partial charge >= 0.3 is 0 Å². The molecule has 1 atom stereocenters. The molecule has 9 heteroatoms. The monoisotopic (exact) mass is 512 g/mol. The highest BCUT2D eigenvalue weighted by Crippen LogP contribution is 2.34. The molecule has 1 aliphatic rings. The molecule has 0 aromatic heterocycles. The van der Waals surface area contributed by atoms with Crippen molar-refractivity contribution >= 4 is 21.6 Å². The van der Waals surface area contributed by atoms with Gasteiger partial charge in [-0.3, -0.25) is 9.10 Å². The standard InChI is InChI=1S/C27H29FN2O5S/c1-4-24(23-11-5-18(2)15-19(23)3)29-27(31)17-30(21-8-6-20(28)7-9-21)36(32,33)22-10-12-25-26(16-22)35-14-13-34-25/h5-12,15-16,24H,4,13-14,17H2,1-3H3,(H,29,31). The molecule has 0 saturated carbocycles. The highest BCUT2D eigenvalue weighted by atomic mass is 32.2. The third-order valence-electron chi connectivity index (χ3n) is 6.05. The summed E-state index contributed by atoms with van der Waals surface area (Å²) >= 11 is 0. The first kappa shape index (κ1) is 25.5. The third-order valence-corrected chi connectivity index (χ3v) is 7.82. The smallest absolute Gasteiger partial charge is 0.264 e. The second kappa shape index (κ2) is 10.6. The van der Waals surface area contributed by atoms with Crippen molar-refractivity contribution in [2.75, 3.05) is 24.1 Å². The quantitative estimate of drug-likeness (QED) is 0.474. The lowest BCUT2D eigenvalue weighted by Crippen LogP contribution is -2.42. The Morgan fingerprint density at radius 3 is 2.36 bits per heavy atom. The molecule has 7 nitrogen and oxygen atoms in total. The van der Waals surface area contributed by atoms with Crippen molar-refractivity contribution in [1.82, 2.24) is 5.32 Å². The van der Waals surface area contributed by atoms with E-state index in [1.165, 1.54) is 30.3 Å². The van der Waals surface area contributed by atoms with Crippen LogP contribution in [-0.4, -0.2) is 34.1 Å². The van der Waals surface area contributed by atoms with Crippen molar-refractivity contribution < 1.29 is 27.1 Å². The minimum absolute atomic E-state index is 0.0645.